The van der Waals surface area contributed by atoms with Crippen LogP contribution in [0.15, 0.2) is 48.3 Å². The summed E-state index contributed by atoms with van der Waals surface area (Å²) in [6.07, 6.45) is -0.126. The average Bonchev–Trinajstić information content (AvgIpc) is 3.23. The number of aromatic amines is 1. The number of rotatable bonds is 6. The summed E-state index contributed by atoms with van der Waals surface area (Å²) in [6.45, 7) is 10.5. The highest BCUT2D eigenvalue weighted by molar-refractivity contribution is 7.23. The van der Waals surface area contributed by atoms with Crippen molar-refractivity contribution in [2.75, 3.05) is 5.32 Å². The van der Waals surface area contributed by atoms with E-state index in [1.54, 1.807) is 19.9 Å². The molecule has 0 aliphatic heterocycles. The van der Waals surface area contributed by atoms with E-state index in [0.717, 1.165) is 17.4 Å². The van der Waals surface area contributed by atoms with Crippen LogP contribution in [0, 0.1) is 0 Å². The Morgan fingerprint density at radius 1 is 1.30 bits per heavy atom. The Hall–Kier alpha value is -2.85. The summed E-state index contributed by atoms with van der Waals surface area (Å²) in [6, 6.07) is 0.961. The van der Waals surface area contributed by atoms with Crippen LogP contribution >= 0.6 is 22.9 Å². The number of carbonyl (C=O) groups is 1. The lowest BCUT2D eigenvalue weighted by Gasteiger charge is -2.25. The van der Waals surface area contributed by atoms with Gasteiger partial charge >= 0.3 is 6.18 Å². The van der Waals surface area contributed by atoms with Crippen molar-refractivity contribution in [3.8, 4) is 0 Å². The third-order valence-electron chi connectivity index (χ3n) is 4.12. The molecular weight excluding hydrogens is 439 g/mol. The molecule has 0 atom stereocenters. The number of hydrogen-bond donors (Lipinski definition) is 3. The van der Waals surface area contributed by atoms with E-state index >= 15 is 0 Å². The topological polar surface area (TPSA) is 82.7 Å². The minimum atomic E-state index is -4.61. The van der Waals surface area contributed by atoms with Gasteiger partial charge in [0.1, 0.15) is 5.54 Å². The van der Waals surface area contributed by atoms with E-state index in [-0.39, 0.29) is 20.9 Å². The van der Waals surface area contributed by atoms with Crippen LogP contribution in [-0.2, 0) is 11.0 Å². The molecule has 158 valence electrons. The molecule has 0 spiro atoms. The molecule has 2 aromatic heterocycles. The van der Waals surface area contributed by atoms with Crippen molar-refractivity contribution >= 4 is 55.1 Å². The number of nitrogens with one attached hydrogen (secondary N) is 3. The molecule has 3 rings (SSSR count). The van der Waals surface area contributed by atoms with Gasteiger partial charge in [0.15, 0.2) is 5.13 Å². The normalized spacial score (nSPS) is 12.6. The maximum Gasteiger partial charge on any atom is 0.418 e. The van der Waals surface area contributed by atoms with Gasteiger partial charge in [-0.2, -0.15) is 18.3 Å². The number of fused-ring (bicyclic) bond motifs is 3. The number of thiazole rings is 1. The molecule has 1 amide bonds. The zero-order valence-corrected chi connectivity index (χ0v) is 17.5. The lowest BCUT2D eigenvalue weighted by molar-refractivity contribution is -0.136. The number of carbonyl (C=O) groups excluding carboxylic acids is 1. The Balaban J connectivity index is 1.91. The molecule has 0 aliphatic carbocycles. The summed E-state index contributed by atoms with van der Waals surface area (Å²) in [5.41, 5.74) is -1.63. The highest BCUT2D eigenvalue weighted by Crippen LogP contribution is 2.41. The number of nitrogens with zero attached hydrogens (tertiary/aromatic N) is 2. The third-order valence-corrected chi connectivity index (χ3v) is 5.25. The Labute approximate surface area is 178 Å². The summed E-state index contributed by atoms with van der Waals surface area (Å²) in [5.74, 6) is -0.502. The predicted octanol–water partition coefficient (Wildman–Crippen LogP) is 5.32. The maximum absolute atomic E-state index is 13.5. The van der Waals surface area contributed by atoms with Crippen molar-refractivity contribution in [3.05, 3.63) is 53.9 Å². The molecule has 3 N–H and O–H groups in total. The van der Waals surface area contributed by atoms with Crippen LogP contribution < -0.4 is 10.6 Å². The lowest BCUT2D eigenvalue weighted by atomic mass is 10.0. The number of anilines is 1. The highest BCUT2D eigenvalue weighted by Gasteiger charge is 2.36. The van der Waals surface area contributed by atoms with Crippen molar-refractivity contribution in [2.24, 2.45) is 0 Å². The molecule has 0 fully saturated rings. The molecule has 0 saturated carbocycles. The second-order valence-electron chi connectivity index (χ2n) is 6.96. The van der Waals surface area contributed by atoms with Gasteiger partial charge in [-0.1, -0.05) is 36.1 Å². The largest absolute Gasteiger partial charge is 0.418 e. The molecule has 11 heteroatoms. The van der Waals surface area contributed by atoms with Gasteiger partial charge in [0.05, 0.1) is 27.5 Å². The number of benzene rings is 1. The fourth-order valence-corrected chi connectivity index (χ4v) is 3.76. The standard InChI is InChI=1S/C19H17ClF3N5OS/c1-9(20)5-6-10(2)27-18(3,4)16(29)26-17-25-14-12(19(21,22)23)7-13-11(8-24-28-13)15(14)30-17/h5-8,27H,1-2H2,3-4H3,(H,24,28)(H,25,26,29)/b6-5-. The van der Waals surface area contributed by atoms with Crippen LogP contribution in [0.5, 0.6) is 0 Å². The minimum absolute atomic E-state index is 0.0411. The third kappa shape index (κ3) is 4.49. The smallest absolute Gasteiger partial charge is 0.372 e. The second-order valence-corrected chi connectivity index (χ2v) is 8.44. The predicted molar refractivity (Wildman–Crippen MR) is 113 cm³/mol. The van der Waals surface area contributed by atoms with Crippen molar-refractivity contribution in [2.45, 2.75) is 25.6 Å². The number of amides is 1. The zero-order chi connectivity index (χ0) is 22.3. The van der Waals surface area contributed by atoms with Gasteiger partial charge in [-0.05, 0) is 32.1 Å². The van der Waals surface area contributed by atoms with E-state index in [2.05, 4.69) is 39.0 Å². The fourth-order valence-electron chi connectivity index (χ4n) is 2.70. The van der Waals surface area contributed by atoms with Gasteiger partial charge in [0.25, 0.3) is 5.91 Å². The van der Waals surface area contributed by atoms with Crippen LogP contribution in [0.1, 0.15) is 19.4 Å². The first-order chi connectivity index (χ1) is 13.9. The number of alkyl halides is 3. The summed E-state index contributed by atoms with van der Waals surface area (Å²) in [5, 5.41) is 12.7. The molecular formula is C19H17ClF3N5OS. The first-order valence-corrected chi connectivity index (χ1v) is 9.73. The van der Waals surface area contributed by atoms with Gasteiger partial charge in [0, 0.05) is 16.1 Å². The van der Waals surface area contributed by atoms with Gasteiger partial charge in [-0.3, -0.25) is 15.2 Å². The molecule has 0 unspecified atom stereocenters. The molecule has 0 aliphatic rings. The van der Waals surface area contributed by atoms with Gasteiger partial charge in [0.2, 0.25) is 0 Å². The number of allylic oxidation sites excluding steroid dienone is 3. The Kier molecular flexibility index (Phi) is 5.66. The number of aromatic nitrogens is 3. The molecule has 0 radical (unpaired) electrons. The molecule has 30 heavy (non-hydrogen) atoms. The first kappa shape index (κ1) is 21.8. The van der Waals surface area contributed by atoms with E-state index in [1.165, 1.54) is 12.3 Å². The van der Waals surface area contributed by atoms with E-state index in [9.17, 15) is 18.0 Å². The number of halogens is 4. The quantitative estimate of drug-likeness (QED) is 0.439. The summed E-state index contributed by atoms with van der Waals surface area (Å²) >= 11 is 6.60. The highest BCUT2D eigenvalue weighted by atomic mass is 35.5. The molecule has 2 heterocycles. The first-order valence-electron chi connectivity index (χ1n) is 8.53. The van der Waals surface area contributed by atoms with Crippen molar-refractivity contribution in [1.29, 1.82) is 0 Å². The Bertz CT molecular complexity index is 1190. The Morgan fingerprint density at radius 2 is 2.00 bits per heavy atom. The van der Waals surface area contributed by atoms with Crippen molar-refractivity contribution in [1.82, 2.24) is 20.5 Å². The summed E-state index contributed by atoms with van der Waals surface area (Å²) in [7, 11) is 0. The molecule has 1 aromatic carbocycles. The van der Waals surface area contributed by atoms with Crippen LogP contribution in [0.25, 0.3) is 21.1 Å². The van der Waals surface area contributed by atoms with Gasteiger partial charge < -0.3 is 5.32 Å². The monoisotopic (exact) mass is 455 g/mol. The van der Waals surface area contributed by atoms with Crippen LogP contribution in [0.2, 0.25) is 0 Å². The Morgan fingerprint density at radius 3 is 2.63 bits per heavy atom. The van der Waals surface area contributed by atoms with Crippen LogP contribution in [0.4, 0.5) is 18.3 Å². The van der Waals surface area contributed by atoms with E-state index in [4.69, 9.17) is 11.6 Å². The summed E-state index contributed by atoms with van der Waals surface area (Å²) < 4.78 is 40.7. The van der Waals surface area contributed by atoms with E-state index in [0.29, 0.717) is 16.1 Å². The van der Waals surface area contributed by atoms with Crippen LogP contribution in [0.3, 0.4) is 0 Å². The zero-order valence-electron chi connectivity index (χ0n) is 15.9. The molecule has 0 saturated heterocycles. The van der Waals surface area contributed by atoms with E-state index < -0.39 is 23.2 Å². The summed E-state index contributed by atoms with van der Waals surface area (Å²) in [4.78, 5) is 16.8. The SMILES string of the molecule is C=C(Cl)/C=C\C(=C)NC(C)(C)C(=O)Nc1nc2c(C(F)(F)F)cc3[nH]ncc3c2s1. The molecule has 6 nitrogen and oxygen atoms in total. The number of hydrogen-bond acceptors (Lipinski definition) is 5. The number of H-pyrrole nitrogens is 1. The molecule has 3 aromatic rings. The lowest BCUT2D eigenvalue weighted by Crippen LogP contribution is -2.48. The maximum atomic E-state index is 13.5. The van der Waals surface area contributed by atoms with Gasteiger partial charge in [-0.15, -0.1) is 0 Å². The molecule has 0 bridgehead atoms. The average molecular weight is 456 g/mol. The minimum Gasteiger partial charge on any atom is -0.372 e. The van der Waals surface area contributed by atoms with E-state index in [1.807, 2.05) is 0 Å². The van der Waals surface area contributed by atoms with Crippen molar-refractivity contribution in [3.63, 3.8) is 0 Å². The van der Waals surface area contributed by atoms with Crippen molar-refractivity contribution < 1.29 is 18.0 Å². The van der Waals surface area contributed by atoms with Gasteiger partial charge in [-0.25, -0.2) is 4.98 Å². The fraction of sp³-hybridized carbons (Fsp3) is 0.211. The second kappa shape index (κ2) is 7.77. The van der Waals surface area contributed by atoms with Crippen LogP contribution in [-0.4, -0.2) is 26.6 Å².